The lowest BCUT2D eigenvalue weighted by Crippen LogP contribution is -2.36. The van der Waals surface area contributed by atoms with Gasteiger partial charge in [0.05, 0.1) is 13.7 Å². The van der Waals surface area contributed by atoms with Crippen LogP contribution in [-0.2, 0) is 17.7 Å². The first kappa shape index (κ1) is 14.5. The Morgan fingerprint density at radius 2 is 2.17 bits per heavy atom. The summed E-state index contributed by atoms with van der Waals surface area (Å²) < 4.78 is 4.75. The quantitative estimate of drug-likeness (QED) is 0.704. The standard InChI is InChI=1S/C17H16N4O3/c1-24-17(23)15-12-9-21(7-5-13(12)19-20-15)16(22)11-3-2-10-4-6-18-14(10)8-11/h2-4,6,8,18H,5,7,9H2,1H3,(H,19,20). The lowest BCUT2D eigenvalue weighted by molar-refractivity contribution is 0.0586. The van der Waals surface area contributed by atoms with Gasteiger partial charge in [-0.25, -0.2) is 4.79 Å². The van der Waals surface area contributed by atoms with Crippen LogP contribution in [0.1, 0.15) is 32.1 Å². The lowest BCUT2D eigenvalue weighted by Gasteiger charge is -2.27. The first-order valence-electron chi connectivity index (χ1n) is 7.68. The second-order valence-electron chi connectivity index (χ2n) is 5.78. The highest BCUT2D eigenvalue weighted by Gasteiger charge is 2.28. The maximum atomic E-state index is 12.8. The maximum absolute atomic E-state index is 12.8. The highest BCUT2D eigenvalue weighted by molar-refractivity contribution is 5.98. The number of esters is 1. The number of H-pyrrole nitrogens is 2. The second kappa shape index (κ2) is 5.52. The first-order chi connectivity index (χ1) is 11.7. The van der Waals surface area contributed by atoms with Gasteiger partial charge in [-0.3, -0.25) is 9.89 Å². The van der Waals surface area contributed by atoms with Gasteiger partial charge in [0.2, 0.25) is 0 Å². The zero-order valence-corrected chi connectivity index (χ0v) is 13.1. The summed E-state index contributed by atoms with van der Waals surface area (Å²) in [7, 11) is 1.32. The van der Waals surface area contributed by atoms with Gasteiger partial charge in [0.1, 0.15) is 0 Å². The molecule has 3 aromatic rings. The van der Waals surface area contributed by atoms with Crippen LogP contribution in [-0.4, -0.2) is 45.6 Å². The molecule has 1 aliphatic rings. The van der Waals surface area contributed by atoms with Crippen molar-refractivity contribution in [3.63, 3.8) is 0 Å². The number of nitrogens with zero attached hydrogens (tertiary/aromatic N) is 2. The summed E-state index contributed by atoms with van der Waals surface area (Å²) in [6.07, 6.45) is 2.48. The number of aromatic amines is 2. The number of benzene rings is 1. The predicted octanol–water partition coefficient (Wildman–Crippen LogP) is 1.88. The predicted molar refractivity (Wildman–Crippen MR) is 86.7 cm³/mol. The van der Waals surface area contributed by atoms with Crippen LogP contribution in [0.4, 0.5) is 0 Å². The number of fused-ring (bicyclic) bond motifs is 2. The van der Waals surface area contributed by atoms with Gasteiger partial charge >= 0.3 is 5.97 Å². The minimum atomic E-state index is -0.491. The molecule has 0 saturated carbocycles. The van der Waals surface area contributed by atoms with Crippen molar-refractivity contribution in [2.45, 2.75) is 13.0 Å². The number of hydrogen-bond donors (Lipinski definition) is 2. The molecule has 0 atom stereocenters. The minimum Gasteiger partial charge on any atom is -0.464 e. The third-order valence-corrected chi connectivity index (χ3v) is 4.40. The Bertz CT molecular complexity index is 940. The number of methoxy groups -OCH3 is 1. The van der Waals surface area contributed by atoms with Crippen molar-refractivity contribution < 1.29 is 14.3 Å². The molecule has 3 heterocycles. The SMILES string of the molecule is COC(=O)c1n[nH]c2c1CN(C(=O)c1ccc3cc[nH]c3c1)CC2. The van der Waals surface area contributed by atoms with Gasteiger partial charge < -0.3 is 14.6 Å². The average molecular weight is 324 g/mol. The molecule has 24 heavy (non-hydrogen) atoms. The lowest BCUT2D eigenvalue weighted by atomic mass is 10.0. The minimum absolute atomic E-state index is 0.0610. The third-order valence-electron chi connectivity index (χ3n) is 4.40. The molecule has 0 aliphatic carbocycles. The van der Waals surface area contributed by atoms with E-state index in [-0.39, 0.29) is 11.6 Å². The molecule has 1 aromatic carbocycles. The second-order valence-corrected chi connectivity index (χ2v) is 5.78. The van der Waals surface area contributed by atoms with Gasteiger partial charge in [-0.1, -0.05) is 6.07 Å². The summed E-state index contributed by atoms with van der Waals surface area (Å²) in [5.41, 5.74) is 3.43. The van der Waals surface area contributed by atoms with Gasteiger partial charge in [-0.05, 0) is 23.6 Å². The summed E-state index contributed by atoms with van der Waals surface area (Å²) in [6.45, 7) is 0.926. The van der Waals surface area contributed by atoms with Gasteiger partial charge in [-0.2, -0.15) is 5.10 Å². The number of nitrogens with one attached hydrogen (secondary N) is 2. The number of aromatic nitrogens is 3. The smallest absolute Gasteiger partial charge is 0.358 e. The van der Waals surface area contributed by atoms with E-state index in [1.807, 2.05) is 30.5 Å². The van der Waals surface area contributed by atoms with Crippen molar-refractivity contribution in [1.82, 2.24) is 20.1 Å². The first-order valence-corrected chi connectivity index (χ1v) is 7.68. The maximum Gasteiger partial charge on any atom is 0.358 e. The highest BCUT2D eigenvalue weighted by atomic mass is 16.5. The number of ether oxygens (including phenoxy) is 1. The van der Waals surface area contributed by atoms with E-state index in [1.165, 1.54) is 7.11 Å². The molecule has 2 aromatic heterocycles. The van der Waals surface area contributed by atoms with E-state index in [4.69, 9.17) is 4.74 Å². The zero-order valence-electron chi connectivity index (χ0n) is 13.1. The number of carbonyl (C=O) groups excluding carboxylic acids is 2. The molecule has 2 N–H and O–H groups in total. The molecule has 0 bridgehead atoms. The average Bonchev–Trinajstić information content (AvgIpc) is 3.25. The summed E-state index contributed by atoms with van der Waals surface area (Å²) in [5, 5.41) is 7.96. The van der Waals surface area contributed by atoms with Gasteiger partial charge in [0, 0.05) is 41.5 Å². The van der Waals surface area contributed by atoms with Crippen LogP contribution in [0.3, 0.4) is 0 Å². The monoisotopic (exact) mass is 324 g/mol. The molecule has 4 rings (SSSR count). The molecule has 0 spiro atoms. The van der Waals surface area contributed by atoms with Crippen molar-refractivity contribution >= 4 is 22.8 Å². The van der Waals surface area contributed by atoms with Crippen LogP contribution < -0.4 is 0 Å². The molecule has 1 amide bonds. The third kappa shape index (κ3) is 2.25. The molecular formula is C17H16N4O3. The summed E-state index contributed by atoms with van der Waals surface area (Å²) >= 11 is 0. The Kier molecular flexibility index (Phi) is 3.34. The van der Waals surface area contributed by atoms with Crippen LogP contribution in [0.15, 0.2) is 30.5 Å². The summed E-state index contributed by atoms with van der Waals surface area (Å²) in [6, 6.07) is 7.56. The highest BCUT2D eigenvalue weighted by Crippen LogP contribution is 2.23. The Hall–Kier alpha value is -3.09. The number of rotatable bonds is 2. The zero-order chi connectivity index (χ0) is 16.7. The van der Waals surface area contributed by atoms with E-state index >= 15 is 0 Å². The largest absolute Gasteiger partial charge is 0.464 e. The molecule has 122 valence electrons. The van der Waals surface area contributed by atoms with Crippen molar-refractivity contribution in [2.24, 2.45) is 0 Å². The van der Waals surface area contributed by atoms with Crippen molar-refractivity contribution in [3.05, 3.63) is 53.0 Å². The fourth-order valence-electron chi connectivity index (χ4n) is 3.10. The summed E-state index contributed by atoms with van der Waals surface area (Å²) in [5.74, 6) is -0.552. The van der Waals surface area contributed by atoms with Crippen LogP contribution in [0, 0.1) is 0 Å². The van der Waals surface area contributed by atoms with E-state index in [0.29, 0.717) is 25.1 Å². The Morgan fingerprint density at radius 3 is 3.00 bits per heavy atom. The molecule has 0 fully saturated rings. The fraction of sp³-hybridized carbons (Fsp3) is 0.235. The molecule has 0 saturated heterocycles. The van der Waals surface area contributed by atoms with Crippen LogP contribution >= 0.6 is 0 Å². The van der Waals surface area contributed by atoms with Crippen LogP contribution in [0.5, 0.6) is 0 Å². The molecule has 7 heteroatoms. The molecular weight excluding hydrogens is 308 g/mol. The van der Waals surface area contributed by atoms with Crippen molar-refractivity contribution in [1.29, 1.82) is 0 Å². The molecule has 1 aliphatic heterocycles. The molecule has 0 radical (unpaired) electrons. The molecule has 7 nitrogen and oxygen atoms in total. The van der Waals surface area contributed by atoms with E-state index < -0.39 is 5.97 Å². The summed E-state index contributed by atoms with van der Waals surface area (Å²) in [4.78, 5) is 29.5. The normalized spacial score (nSPS) is 13.8. The van der Waals surface area contributed by atoms with E-state index in [0.717, 1.165) is 22.2 Å². The van der Waals surface area contributed by atoms with Gasteiger partial charge in [-0.15, -0.1) is 0 Å². The van der Waals surface area contributed by atoms with E-state index in [9.17, 15) is 9.59 Å². The Balaban J connectivity index is 1.62. The van der Waals surface area contributed by atoms with Crippen LogP contribution in [0.2, 0.25) is 0 Å². The van der Waals surface area contributed by atoms with E-state index in [1.54, 1.807) is 4.90 Å². The number of carbonyl (C=O) groups is 2. The van der Waals surface area contributed by atoms with Crippen LogP contribution in [0.25, 0.3) is 10.9 Å². The van der Waals surface area contributed by atoms with Gasteiger partial charge in [0.15, 0.2) is 5.69 Å². The topological polar surface area (TPSA) is 91.1 Å². The number of amides is 1. The van der Waals surface area contributed by atoms with Crippen molar-refractivity contribution in [2.75, 3.05) is 13.7 Å². The fourth-order valence-corrected chi connectivity index (χ4v) is 3.10. The van der Waals surface area contributed by atoms with Gasteiger partial charge in [0.25, 0.3) is 5.91 Å². The van der Waals surface area contributed by atoms with E-state index in [2.05, 4.69) is 15.2 Å². The Morgan fingerprint density at radius 1 is 1.29 bits per heavy atom. The van der Waals surface area contributed by atoms with Crippen molar-refractivity contribution in [3.8, 4) is 0 Å². The number of hydrogen-bond acceptors (Lipinski definition) is 4. The molecule has 0 unspecified atom stereocenters. The Labute approximate surface area is 137 Å².